The lowest BCUT2D eigenvalue weighted by Gasteiger charge is -2.58. The molecule has 0 radical (unpaired) electrons. The van der Waals surface area contributed by atoms with Crippen molar-refractivity contribution in [2.75, 3.05) is 14.2 Å². The summed E-state index contributed by atoms with van der Waals surface area (Å²) in [7, 11) is 3.40. The van der Waals surface area contributed by atoms with Gasteiger partial charge in [-0.3, -0.25) is 0 Å². The number of ether oxygens (including phenoxy) is 3. The van der Waals surface area contributed by atoms with Crippen molar-refractivity contribution >= 4 is 0 Å². The zero-order chi connectivity index (χ0) is 18.2. The number of hydrogen-bond acceptors (Lipinski definition) is 3. The molecule has 0 bridgehead atoms. The van der Waals surface area contributed by atoms with Crippen LogP contribution in [0.5, 0.6) is 0 Å². The third kappa shape index (κ3) is 3.48. The maximum Gasteiger partial charge on any atom is 0.182 e. The predicted molar refractivity (Wildman–Crippen MR) is 101 cm³/mol. The lowest BCUT2D eigenvalue weighted by atomic mass is 9.47. The Balaban J connectivity index is 1.80. The van der Waals surface area contributed by atoms with Gasteiger partial charge in [0.1, 0.15) is 0 Å². The SMILES string of the molecule is C=C1CCC2C(C)(C)CCCC2(C)C1CC=C1CC(OC)OC1OC. The molecule has 5 unspecified atom stereocenters. The quantitative estimate of drug-likeness (QED) is 0.631. The first-order valence-electron chi connectivity index (χ1n) is 9.89. The normalized spacial score (nSPS) is 42.6. The largest absolute Gasteiger partial charge is 0.355 e. The van der Waals surface area contributed by atoms with Gasteiger partial charge in [-0.15, -0.1) is 0 Å². The molecule has 0 aromatic rings. The van der Waals surface area contributed by atoms with Crippen LogP contribution in [0.3, 0.4) is 0 Å². The second-order valence-corrected chi connectivity index (χ2v) is 9.24. The molecule has 5 atom stereocenters. The lowest BCUT2D eigenvalue weighted by Crippen LogP contribution is -2.49. The smallest absolute Gasteiger partial charge is 0.182 e. The van der Waals surface area contributed by atoms with Crippen LogP contribution in [-0.2, 0) is 14.2 Å². The van der Waals surface area contributed by atoms with Gasteiger partial charge in [0.05, 0.1) is 0 Å². The van der Waals surface area contributed by atoms with Gasteiger partial charge < -0.3 is 14.2 Å². The van der Waals surface area contributed by atoms with Gasteiger partial charge in [0.15, 0.2) is 12.6 Å². The molecule has 1 aliphatic heterocycles. The summed E-state index contributed by atoms with van der Waals surface area (Å²) in [6.45, 7) is 12.0. The maximum absolute atomic E-state index is 5.77. The Morgan fingerprint density at radius 2 is 1.96 bits per heavy atom. The fourth-order valence-corrected chi connectivity index (χ4v) is 6.07. The highest BCUT2D eigenvalue weighted by molar-refractivity contribution is 5.19. The van der Waals surface area contributed by atoms with E-state index in [4.69, 9.17) is 14.2 Å². The molecule has 25 heavy (non-hydrogen) atoms. The van der Waals surface area contributed by atoms with Gasteiger partial charge in [0.25, 0.3) is 0 Å². The summed E-state index contributed by atoms with van der Waals surface area (Å²) in [4.78, 5) is 0. The fraction of sp³-hybridized carbons (Fsp3) is 0.818. The highest BCUT2D eigenvalue weighted by atomic mass is 16.8. The predicted octanol–water partition coefficient (Wildman–Crippen LogP) is 5.47. The molecule has 0 amide bonds. The van der Waals surface area contributed by atoms with Crippen LogP contribution in [0.4, 0.5) is 0 Å². The summed E-state index contributed by atoms with van der Waals surface area (Å²) < 4.78 is 16.6. The van der Waals surface area contributed by atoms with Crippen LogP contribution in [0, 0.1) is 22.7 Å². The summed E-state index contributed by atoms with van der Waals surface area (Å²) in [6.07, 6.45) is 10.3. The third-order valence-corrected chi connectivity index (χ3v) is 7.39. The molecule has 3 nitrogen and oxygen atoms in total. The molecule has 3 fully saturated rings. The van der Waals surface area contributed by atoms with Crippen LogP contribution in [0.15, 0.2) is 23.8 Å². The molecule has 2 saturated carbocycles. The molecular weight excluding hydrogens is 312 g/mol. The third-order valence-electron chi connectivity index (χ3n) is 7.39. The topological polar surface area (TPSA) is 27.7 Å². The zero-order valence-corrected chi connectivity index (χ0v) is 16.8. The van der Waals surface area contributed by atoms with E-state index >= 15 is 0 Å². The van der Waals surface area contributed by atoms with Crippen molar-refractivity contribution in [3.8, 4) is 0 Å². The molecule has 2 aliphatic carbocycles. The summed E-state index contributed by atoms with van der Waals surface area (Å²) in [5.74, 6) is 1.37. The van der Waals surface area contributed by atoms with Crippen molar-refractivity contribution in [1.82, 2.24) is 0 Å². The van der Waals surface area contributed by atoms with Gasteiger partial charge in [-0.05, 0) is 60.3 Å². The number of allylic oxidation sites excluding steroid dienone is 2. The van der Waals surface area contributed by atoms with Crippen LogP contribution in [0.25, 0.3) is 0 Å². The first kappa shape index (κ1) is 19.1. The average Bonchev–Trinajstić information content (AvgIpc) is 2.95. The number of rotatable bonds is 4. The standard InChI is InChI=1S/C22H36O3/c1-15-8-11-18-21(2,3)12-7-13-22(18,4)17(15)10-9-16-14-19(23-5)25-20(16)24-6/h9,17-20H,1,7-8,10-14H2,2-6H3. The van der Waals surface area contributed by atoms with E-state index in [0.29, 0.717) is 16.7 Å². The molecule has 3 rings (SSSR count). The minimum absolute atomic E-state index is 0.178. The number of fused-ring (bicyclic) bond motifs is 1. The monoisotopic (exact) mass is 348 g/mol. The van der Waals surface area contributed by atoms with E-state index in [-0.39, 0.29) is 12.6 Å². The van der Waals surface area contributed by atoms with Gasteiger partial charge >= 0.3 is 0 Å². The number of methoxy groups -OCH3 is 2. The molecule has 0 aromatic heterocycles. The highest BCUT2D eigenvalue weighted by Crippen LogP contribution is 2.61. The van der Waals surface area contributed by atoms with Crippen LogP contribution in [0.2, 0.25) is 0 Å². The molecule has 0 spiro atoms. The molecule has 3 aliphatic rings. The van der Waals surface area contributed by atoms with Crippen molar-refractivity contribution in [2.45, 2.75) is 78.3 Å². The molecule has 1 saturated heterocycles. The van der Waals surface area contributed by atoms with Crippen molar-refractivity contribution in [3.63, 3.8) is 0 Å². The van der Waals surface area contributed by atoms with Gasteiger partial charge in [-0.25, -0.2) is 0 Å². The summed E-state index contributed by atoms with van der Waals surface area (Å²) in [5, 5.41) is 0. The van der Waals surface area contributed by atoms with E-state index in [1.165, 1.54) is 43.3 Å². The zero-order valence-electron chi connectivity index (χ0n) is 16.8. The summed E-state index contributed by atoms with van der Waals surface area (Å²) >= 11 is 0. The fourth-order valence-electron chi connectivity index (χ4n) is 6.07. The van der Waals surface area contributed by atoms with Crippen molar-refractivity contribution in [1.29, 1.82) is 0 Å². The van der Waals surface area contributed by atoms with E-state index in [1.54, 1.807) is 14.2 Å². The second-order valence-electron chi connectivity index (χ2n) is 9.24. The van der Waals surface area contributed by atoms with E-state index in [2.05, 4.69) is 33.4 Å². The number of hydrogen-bond donors (Lipinski definition) is 0. The van der Waals surface area contributed by atoms with Gasteiger partial charge in [0, 0.05) is 20.6 Å². The summed E-state index contributed by atoms with van der Waals surface area (Å²) in [6, 6.07) is 0. The summed E-state index contributed by atoms with van der Waals surface area (Å²) in [5.41, 5.74) is 3.50. The van der Waals surface area contributed by atoms with Crippen LogP contribution < -0.4 is 0 Å². The molecular formula is C22H36O3. The average molecular weight is 349 g/mol. The Morgan fingerprint density at radius 1 is 1.20 bits per heavy atom. The second kappa shape index (κ2) is 7.17. The van der Waals surface area contributed by atoms with E-state index in [0.717, 1.165) is 18.8 Å². The molecule has 0 N–H and O–H groups in total. The van der Waals surface area contributed by atoms with Crippen molar-refractivity contribution in [2.24, 2.45) is 22.7 Å². The van der Waals surface area contributed by atoms with Gasteiger partial charge in [0.2, 0.25) is 0 Å². The Hall–Kier alpha value is -0.640. The highest BCUT2D eigenvalue weighted by Gasteiger charge is 2.52. The Labute approximate surface area is 153 Å². The molecule has 0 aromatic carbocycles. The molecule has 1 heterocycles. The van der Waals surface area contributed by atoms with Crippen LogP contribution in [0.1, 0.15) is 65.7 Å². The lowest BCUT2D eigenvalue weighted by molar-refractivity contribution is -0.180. The van der Waals surface area contributed by atoms with Crippen LogP contribution >= 0.6 is 0 Å². The Kier molecular flexibility index (Phi) is 5.49. The van der Waals surface area contributed by atoms with E-state index < -0.39 is 0 Å². The van der Waals surface area contributed by atoms with Crippen LogP contribution in [-0.4, -0.2) is 26.8 Å². The Bertz CT molecular complexity index is 535. The van der Waals surface area contributed by atoms with E-state index in [1.807, 2.05) is 0 Å². The van der Waals surface area contributed by atoms with Gasteiger partial charge in [-0.2, -0.15) is 0 Å². The first-order chi connectivity index (χ1) is 11.8. The van der Waals surface area contributed by atoms with Gasteiger partial charge in [-0.1, -0.05) is 45.4 Å². The maximum atomic E-state index is 5.77. The van der Waals surface area contributed by atoms with Crippen molar-refractivity contribution < 1.29 is 14.2 Å². The minimum atomic E-state index is -0.256. The first-order valence-corrected chi connectivity index (χ1v) is 9.89. The van der Waals surface area contributed by atoms with Crippen molar-refractivity contribution in [3.05, 3.63) is 23.8 Å². The molecule has 3 heteroatoms. The molecule has 142 valence electrons. The minimum Gasteiger partial charge on any atom is -0.355 e. The van der Waals surface area contributed by atoms with E-state index in [9.17, 15) is 0 Å². The Morgan fingerprint density at radius 3 is 2.64 bits per heavy atom.